The molecule has 1 aromatic carbocycles. The molecule has 0 aliphatic carbocycles. The van der Waals surface area contributed by atoms with E-state index in [1.54, 1.807) is 25.3 Å². The van der Waals surface area contributed by atoms with Gasteiger partial charge in [0.1, 0.15) is 11.6 Å². The summed E-state index contributed by atoms with van der Waals surface area (Å²) in [5.41, 5.74) is -0.535. The number of rotatable bonds is 4. The Morgan fingerprint density at radius 1 is 1.19 bits per heavy atom. The van der Waals surface area contributed by atoms with Crippen LogP contribution in [0.5, 0.6) is 0 Å². The van der Waals surface area contributed by atoms with Gasteiger partial charge in [0.15, 0.2) is 5.76 Å². The van der Waals surface area contributed by atoms with Gasteiger partial charge < -0.3 is 4.42 Å². The van der Waals surface area contributed by atoms with Crippen LogP contribution in [-0.4, -0.2) is 17.4 Å². The average molecular weight is 439 g/mol. The van der Waals surface area contributed by atoms with Crippen molar-refractivity contribution in [1.82, 2.24) is 4.98 Å². The smallest absolute Gasteiger partial charge is 0.416 e. The highest BCUT2D eigenvalue weighted by molar-refractivity contribution is 9.10. The van der Waals surface area contributed by atoms with Crippen LogP contribution in [0.1, 0.15) is 23.0 Å². The molecule has 0 fully saturated rings. The Bertz CT molecular complexity index is 952. The number of halogens is 4. The van der Waals surface area contributed by atoms with Gasteiger partial charge in [0.05, 0.1) is 5.56 Å². The van der Waals surface area contributed by atoms with Crippen LogP contribution in [-0.2, 0) is 6.18 Å². The molecule has 0 saturated carbocycles. The first kappa shape index (κ1) is 19.2. The van der Waals surface area contributed by atoms with E-state index in [1.807, 2.05) is 0 Å². The monoisotopic (exact) mass is 438 g/mol. The van der Waals surface area contributed by atoms with Crippen molar-refractivity contribution >= 4 is 27.7 Å². The van der Waals surface area contributed by atoms with Gasteiger partial charge in [0, 0.05) is 22.8 Å². The fourth-order valence-corrected chi connectivity index (χ4v) is 2.76. The van der Waals surface area contributed by atoms with E-state index in [9.17, 15) is 18.0 Å². The van der Waals surface area contributed by atoms with Gasteiger partial charge in [0.25, 0.3) is 5.91 Å². The molecule has 0 atom stereocenters. The molecule has 0 aliphatic rings. The number of hydrogen-bond donors (Lipinski definition) is 0. The van der Waals surface area contributed by atoms with Crippen molar-refractivity contribution < 1.29 is 22.4 Å². The lowest BCUT2D eigenvalue weighted by Crippen LogP contribution is -2.31. The van der Waals surface area contributed by atoms with E-state index < -0.39 is 17.6 Å². The molecule has 8 heteroatoms. The lowest BCUT2D eigenvalue weighted by molar-refractivity contribution is -0.137. The number of furan rings is 1. The number of hydrogen-bond acceptors (Lipinski definition) is 3. The summed E-state index contributed by atoms with van der Waals surface area (Å²) in [6, 6.07) is 11.1. The van der Waals surface area contributed by atoms with Gasteiger partial charge in [0.2, 0.25) is 0 Å². The third kappa shape index (κ3) is 4.21. The molecule has 0 saturated heterocycles. The van der Waals surface area contributed by atoms with Crippen LogP contribution in [0.3, 0.4) is 0 Å². The maximum Gasteiger partial charge on any atom is 0.416 e. The Hall–Kier alpha value is -2.61. The number of pyridine rings is 1. The summed E-state index contributed by atoms with van der Waals surface area (Å²) >= 11 is 3.28. The third-order valence-electron chi connectivity index (χ3n) is 3.84. The molecular weight excluding hydrogens is 425 g/mol. The highest BCUT2D eigenvalue weighted by Gasteiger charge is 2.30. The Morgan fingerprint density at radius 3 is 2.59 bits per heavy atom. The average Bonchev–Trinajstić information content (AvgIpc) is 3.13. The maximum atomic E-state index is 12.9. The number of amides is 1. The van der Waals surface area contributed by atoms with Crippen molar-refractivity contribution in [2.24, 2.45) is 0 Å². The fraction of sp³-hybridized carbons (Fsp3) is 0.158. The molecule has 140 valence electrons. The summed E-state index contributed by atoms with van der Waals surface area (Å²) in [5.74, 6) is 0.228. The normalized spacial score (nSPS) is 11.4. The Morgan fingerprint density at radius 2 is 1.96 bits per heavy atom. The molecule has 0 bridgehead atoms. The molecular formula is C19H14BrF3N2O2. The second kappa shape index (κ2) is 7.56. The number of aromatic nitrogens is 1. The number of nitrogens with zero attached hydrogens (tertiary/aromatic N) is 2. The molecule has 3 aromatic rings. The minimum atomic E-state index is -4.45. The first-order valence-corrected chi connectivity index (χ1v) is 8.80. The van der Waals surface area contributed by atoms with Gasteiger partial charge in [-0.1, -0.05) is 12.1 Å². The predicted molar refractivity (Wildman–Crippen MR) is 98.4 cm³/mol. The van der Waals surface area contributed by atoms with Crippen molar-refractivity contribution in [2.75, 3.05) is 11.4 Å². The van der Waals surface area contributed by atoms with Crippen LogP contribution >= 0.6 is 15.9 Å². The van der Waals surface area contributed by atoms with Crippen molar-refractivity contribution in [3.8, 4) is 11.3 Å². The van der Waals surface area contributed by atoms with Crippen LogP contribution < -0.4 is 4.90 Å². The zero-order valence-electron chi connectivity index (χ0n) is 14.1. The number of anilines is 1. The molecule has 2 heterocycles. The fourth-order valence-electron chi connectivity index (χ4n) is 2.53. The molecule has 0 radical (unpaired) electrons. The highest BCUT2D eigenvalue weighted by atomic mass is 79.9. The van der Waals surface area contributed by atoms with Crippen molar-refractivity contribution in [1.29, 1.82) is 0 Å². The summed E-state index contributed by atoms with van der Waals surface area (Å²) in [4.78, 5) is 18.3. The van der Waals surface area contributed by atoms with Gasteiger partial charge >= 0.3 is 6.18 Å². The largest absolute Gasteiger partial charge is 0.451 e. The number of alkyl halides is 3. The minimum absolute atomic E-state index is 0.0222. The number of benzene rings is 1. The zero-order chi connectivity index (χ0) is 19.6. The van der Waals surface area contributed by atoms with Crippen LogP contribution in [0.25, 0.3) is 11.3 Å². The summed E-state index contributed by atoms with van der Waals surface area (Å²) in [7, 11) is 0. The standard InChI is InChI=1S/C19H14BrF3N2O2/c1-2-25(17-9-6-14(20)11-24-17)18(26)16-8-7-15(27-16)12-4-3-5-13(10-12)19(21,22)23/h3-11H,2H2,1H3. The minimum Gasteiger partial charge on any atom is -0.451 e. The van der Waals surface area contributed by atoms with Gasteiger partial charge in [-0.25, -0.2) is 4.98 Å². The summed E-state index contributed by atoms with van der Waals surface area (Å²) < 4.78 is 45.0. The lowest BCUT2D eigenvalue weighted by Gasteiger charge is -2.18. The summed E-state index contributed by atoms with van der Waals surface area (Å²) in [6.07, 6.45) is -2.88. The Balaban J connectivity index is 1.88. The first-order chi connectivity index (χ1) is 12.8. The first-order valence-electron chi connectivity index (χ1n) is 8.00. The van der Waals surface area contributed by atoms with Crippen LogP contribution in [0.15, 0.2) is 63.6 Å². The molecule has 0 unspecified atom stereocenters. The third-order valence-corrected chi connectivity index (χ3v) is 4.31. The van der Waals surface area contributed by atoms with E-state index >= 15 is 0 Å². The molecule has 3 rings (SSSR count). The van der Waals surface area contributed by atoms with Crippen LogP contribution in [0, 0.1) is 0 Å². The van der Waals surface area contributed by atoms with Crippen LogP contribution in [0.2, 0.25) is 0 Å². The van der Waals surface area contributed by atoms with E-state index in [4.69, 9.17) is 4.42 Å². The zero-order valence-corrected chi connectivity index (χ0v) is 15.7. The summed E-state index contributed by atoms with van der Waals surface area (Å²) in [5, 5.41) is 0. The van der Waals surface area contributed by atoms with E-state index in [1.165, 1.54) is 29.2 Å². The molecule has 4 nitrogen and oxygen atoms in total. The Kier molecular flexibility index (Phi) is 5.36. The predicted octanol–water partition coefficient (Wildman–Crippen LogP) is 5.79. The molecule has 2 aromatic heterocycles. The van der Waals surface area contributed by atoms with Gasteiger partial charge in [-0.3, -0.25) is 9.69 Å². The molecule has 27 heavy (non-hydrogen) atoms. The van der Waals surface area contributed by atoms with Crippen molar-refractivity contribution in [3.05, 3.63) is 70.5 Å². The SMILES string of the molecule is CCN(C(=O)c1ccc(-c2cccc(C(F)(F)F)c2)o1)c1ccc(Br)cn1. The van der Waals surface area contributed by atoms with E-state index in [0.29, 0.717) is 12.4 Å². The second-order valence-electron chi connectivity index (χ2n) is 5.63. The van der Waals surface area contributed by atoms with Crippen molar-refractivity contribution in [2.45, 2.75) is 13.1 Å². The molecule has 0 spiro atoms. The maximum absolute atomic E-state index is 12.9. The quantitative estimate of drug-likeness (QED) is 0.517. The molecule has 0 N–H and O–H groups in total. The molecule has 0 aliphatic heterocycles. The number of carbonyl (C=O) groups is 1. The van der Waals surface area contributed by atoms with E-state index in [0.717, 1.165) is 16.6 Å². The van der Waals surface area contributed by atoms with Crippen molar-refractivity contribution in [3.63, 3.8) is 0 Å². The van der Waals surface area contributed by atoms with Crippen LogP contribution in [0.4, 0.5) is 19.0 Å². The number of carbonyl (C=O) groups excluding carboxylic acids is 1. The van der Waals surface area contributed by atoms with E-state index in [-0.39, 0.29) is 17.1 Å². The van der Waals surface area contributed by atoms with Gasteiger partial charge in [-0.05, 0) is 59.3 Å². The highest BCUT2D eigenvalue weighted by Crippen LogP contribution is 2.33. The lowest BCUT2D eigenvalue weighted by atomic mass is 10.1. The molecule has 1 amide bonds. The second-order valence-corrected chi connectivity index (χ2v) is 6.54. The van der Waals surface area contributed by atoms with Gasteiger partial charge in [-0.2, -0.15) is 13.2 Å². The summed E-state index contributed by atoms with van der Waals surface area (Å²) in [6.45, 7) is 2.14. The van der Waals surface area contributed by atoms with Gasteiger partial charge in [-0.15, -0.1) is 0 Å². The Labute approximate surface area is 161 Å². The van der Waals surface area contributed by atoms with E-state index in [2.05, 4.69) is 20.9 Å². The topological polar surface area (TPSA) is 46.3 Å².